The van der Waals surface area contributed by atoms with Gasteiger partial charge in [-0.25, -0.2) is 9.97 Å². The van der Waals surface area contributed by atoms with Gasteiger partial charge in [-0.2, -0.15) is 0 Å². The van der Waals surface area contributed by atoms with E-state index in [0.717, 1.165) is 31.6 Å². The van der Waals surface area contributed by atoms with Gasteiger partial charge in [0.25, 0.3) is 0 Å². The van der Waals surface area contributed by atoms with Crippen molar-refractivity contribution in [3.63, 3.8) is 0 Å². The molecule has 0 radical (unpaired) electrons. The second-order valence-electron chi connectivity index (χ2n) is 3.38. The molecule has 0 spiro atoms. The van der Waals surface area contributed by atoms with Gasteiger partial charge in [0.15, 0.2) is 5.16 Å². The largest absolute Gasteiger partial charge is 0.396 e. The van der Waals surface area contributed by atoms with Crippen LogP contribution in [0.2, 0.25) is 0 Å². The summed E-state index contributed by atoms with van der Waals surface area (Å²) in [6.45, 7) is 1.10. The third kappa shape index (κ3) is 4.67. The van der Waals surface area contributed by atoms with Gasteiger partial charge in [0.05, 0.1) is 0 Å². The van der Waals surface area contributed by atoms with Crippen LogP contribution in [-0.4, -0.2) is 34.5 Å². The Balaban J connectivity index is 2.38. The lowest BCUT2D eigenvalue weighted by atomic mass is 10.2. The number of hydrogen-bond donors (Lipinski definition) is 3. The standard InChI is InChI=1S/C10H18N4OS/c1-16-10-13-8(11)7-9(14-10)12-5-3-2-4-6-15/h7,15H,2-6H2,1H3,(H3,11,12,13,14). The van der Waals surface area contributed by atoms with Gasteiger partial charge >= 0.3 is 0 Å². The number of thioether (sulfide) groups is 1. The monoisotopic (exact) mass is 242 g/mol. The van der Waals surface area contributed by atoms with Crippen LogP contribution in [-0.2, 0) is 0 Å². The van der Waals surface area contributed by atoms with E-state index in [4.69, 9.17) is 10.8 Å². The maximum atomic E-state index is 8.63. The Hall–Kier alpha value is -1.01. The Kier molecular flexibility index (Phi) is 5.95. The van der Waals surface area contributed by atoms with Gasteiger partial charge in [-0.3, -0.25) is 0 Å². The number of anilines is 2. The van der Waals surface area contributed by atoms with Crippen LogP contribution < -0.4 is 11.1 Å². The molecule has 0 atom stereocenters. The van der Waals surface area contributed by atoms with Crippen molar-refractivity contribution in [3.05, 3.63) is 6.07 Å². The van der Waals surface area contributed by atoms with E-state index in [9.17, 15) is 0 Å². The van der Waals surface area contributed by atoms with Gasteiger partial charge in [-0.1, -0.05) is 11.8 Å². The SMILES string of the molecule is CSc1nc(N)cc(NCCCCCO)n1. The molecule has 4 N–H and O–H groups in total. The Morgan fingerprint density at radius 1 is 1.38 bits per heavy atom. The molecule has 0 bridgehead atoms. The second-order valence-corrected chi connectivity index (χ2v) is 4.15. The number of aliphatic hydroxyl groups excluding tert-OH is 1. The molecule has 5 nitrogen and oxygen atoms in total. The Morgan fingerprint density at radius 2 is 2.19 bits per heavy atom. The Labute approximate surface area is 99.9 Å². The molecule has 0 aromatic carbocycles. The summed E-state index contributed by atoms with van der Waals surface area (Å²) in [7, 11) is 0. The van der Waals surface area contributed by atoms with E-state index in [1.165, 1.54) is 11.8 Å². The molecule has 0 unspecified atom stereocenters. The van der Waals surface area contributed by atoms with Crippen molar-refractivity contribution in [3.8, 4) is 0 Å². The van der Waals surface area contributed by atoms with Crippen molar-refractivity contribution in [2.45, 2.75) is 24.4 Å². The normalized spacial score (nSPS) is 10.4. The third-order valence-corrected chi connectivity index (χ3v) is 2.60. The van der Waals surface area contributed by atoms with Crippen molar-refractivity contribution < 1.29 is 5.11 Å². The molecular weight excluding hydrogens is 224 g/mol. The fourth-order valence-electron chi connectivity index (χ4n) is 1.25. The predicted molar refractivity (Wildman–Crippen MR) is 67.7 cm³/mol. The molecule has 1 aromatic heterocycles. The average Bonchev–Trinajstić information content (AvgIpc) is 2.28. The van der Waals surface area contributed by atoms with Crippen molar-refractivity contribution in [1.29, 1.82) is 0 Å². The summed E-state index contributed by atoms with van der Waals surface area (Å²) in [5.74, 6) is 1.25. The Bertz CT molecular complexity index is 322. The summed E-state index contributed by atoms with van der Waals surface area (Å²) >= 11 is 1.47. The van der Waals surface area contributed by atoms with Crippen molar-refractivity contribution in [2.24, 2.45) is 0 Å². The summed E-state index contributed by atoms with van der Waals surface area (Å²) in [6.07, 6.45) is 4.79. The minimum atomic E-state index is 0.261. The first-order valence-corrected chi connectivity index (χ1v) is 6.52. The van der Waals surface area contributed by atoms with Crippen LogP contribution >= 0.6 is 11.8 Å². The molecule has 0 saturated carbocycles. The first kappa shape index (κ1) is 13.1. The average molecular weight is 242 g/mol. The molecule has 90 valence electrons. The summed E-state index contributed by atoms with van der Waals surface area (Å²) in [5.41, 5.74) is 5.65. The van der Waals surface area contributed by atoms with E-state index in [1.807, 2.05) is 6.26 Å². The fraction of sp³-hybridized carbons (Fsp3) is 0.600. The first-order chi connectivity index (χ1) is 7.76. The quantitative estimate of drug-likeness (QED) is 0.380. The molecule has 0 aliphatic heterocycles. The smallest absolute Gasteiger partial charge is 0.191 e. The number of nitrogens with one attached hydrogen (secondary N) is 1. The van der Waals surface area contributed by atoms with E-state index in [-0.39, 0.29) is 6.61 Å². The molecule has 0 amide bonds. The van der Waals surface area contributed by atoms with Gasteiger partial charge in [0.1, 0.15) is 11.6 Å². The first-order valence-electron chi connectivity index (χ1n) is 5.29. The minimum absolute atomic E-state index is 0.261. The van der Waals surface area contributed by atoms with Gasteiger partial charge in [-0.05, 0) is 25.5 Å². The molecule has 0 saturated heterocycles. The number of aliphatic hydroxyl groups is 1. The van der Waals surface area contributed by atoms with E-state index >= 15 is 0 Å². The lowest BCUT2D eigenvalue weighted by Gasteiger charge is -2.06. The molecule has 0 fully saturated rings. The molecule has 1 rings (SSSR count). The van der Waals surface area contributed by atoms with Crippen LogP contribution in [0.1, 0.15) is 19.3 Å². The molecule has 16 heavy (non-hydrogen) atoms. The van der Waals surface area contributed by atoms with Crippen molar-refractivity contribution >= 4 is 23.4 Å². The van der Waals surface area contributed by atoms with E-state index in [0.29, 0.717) is 11.0 Å². The number of hydrogen-bond acceptors (Lipinski definition) is 6. The number of nitrogens with two attached hydrogens (primary N) is 1. The van der Waals surface area contributed by atoms with Gasteiger partial charge in [0.2, 0.25) is 0 Å². The summed E-state index contributed by atoms with van der Waals surface area (Å²) < 4.78 is 0. The number of rotatable bonds is 7. The van der Waals surface area contributed by atoms with Crippen LogP contribution in [0.15, 0.2) is 11.2 Å². The highest BCUT2D eigenvalue weighted by molar-refractivity contribution is 7.98. The van der Waals surface area contributed by atoms with Crippen LogP contribution in [0, 0.1) is 0 Å². The van der Waals surface area contributed by atoms with Gasteiger partial charge < -0.3 is 16.2 Å². The van der Waals surface area contributed by atoms with Crippen LogP contribution in [0.4, 0.5) is 11.6 Å². The lowest BCUT2D eigenvalue weighted by molar-refractivity contribution is 0.283. The second kappa shape index (κ2) is 7.29. The molecule has 6 heteroatoms. The number of unbranched alkanes of at least 4 members (excludes halogenated alkanes) is 2. The summed E-state index contributed by atoms with van der Waals surface area (Å²) in [4.78, 5) is 8.35. The number of nitrogens with zero attached hydrogens (tertiary/aromatic N) is 2. The van der Waals surface area contributed by atoms with E-state index < -0.39 is 0 Å². The van der Waals surface area contributed by atoms with Crippen molar-refractivity contribution in [1.82, 2.24) is 9.97 Å². The van der Waals surface area contributed by atoms with Gasteiger partial charge in [-0.15, -0.1) is 0 Å². The van der Waals surface area contributed by atoms with Crippen LogP contribution in [0.3, 0.4) is 0 Å². The maximum absolute atomic E-state index is 8.63. The topological polar surface area (TPSA) is 84.1 Å². The van der Waals surface area contributed by atoms with Gasteiger partial charge in [0, 0.05) is 19.2 Å². The zero-order valence-corrected chi connectivity index (χ0v) is 10.3. The fourth-order valence-corrected chi connectivity index (χ4v) is 1.64. The third-order valence-electron chi connectivity index (χ3n) is 2.05. The highest BCUT2D eigenvalue weighted by Gasteiger charge is 2.00. The number of aromatic nitrogens is 2. The summed E-state index contributed by atoms with van der Waals surface area (Å²) in [5, 5.41) is 12.5. The molecule has 0 aliphatic rings. The lowest BCUT2D eigenvalue weighted by Crippen LogP contribution is -2.06. The minimum Gasteiger partial charge on any atom is -0.396 e. The molecule has 0 aliphatic carbocycles. The zero-order chi connectivity index (χ0) is 11.8. The highest BCUT2D eigenvalue weighted by Crippen LogP contribution is 2.15. The maximum Gasteiger partial charge on any atom is 0.191 e. The molecule has 1 heterocycles. The molecule has 1 aromatic rings. The van der Waals surface area contributed by atoms with Crippen LogP contribution in [0.5, 0.6) is 0 Å². The molecular formula is C10H18N4OS. The summed E-state index contributed by atoms with van der Waals surface area (Å²) in [6, 6.07) is 1.73. The number of nitrogen functional groups attached to an aromatic ring is 1. The van der Waals surface area contributed by atoms with E-state index in [2.05, 4.69) is 15.3 Å². The van der Waals surface area contributed by atoms with Crippen molar-refractivity contribution in [2.75, 3.05) is 30.5 Å². The van der Waals surface area contributed by atoms with E-state index in [1.54, 1.807) is 6.07 Å². The zero-order valence-electron chi connectivity index (χ0n) is 9.44. The predicted octanol–water partition coefficient (Wildman–Crippen LogP) is 1.36. The van der Waals surface area contributed by atoms with Crippen LogP contribution in [0.25, 0.3) is 0 Å². The Morgan fingerprint density at radius 3 is 2.88 bits per heavy atom. The highest BCUT2D eigenvalue weighted by atomic mass is 32.2.